The number of aryl methyl sites for hydroxylation is 2. The molecule has 0 N–H and O–H groups in total. The number of benzene rings is 5. The van der Waals surface area contributed by atoms with Gasteiger partial charge in [-0.3, -0.25) is 0 Å². The predicted molar refractivity (Wildman–Crippen MR) is 189 cm³/mol. The minimum atomic E-state index is -1.88. The fourth-order valence-electron chi connectivity index (χ4n) is 6.11. The van der Waals surface area contributed by atoms with Crippen LogP contribution in [0.5, 0.6) is 0 Å². The van der Waals surface area contributed by atoms with E-state index in [0.717, 1.165) is 66.5 Å². The first kappa shape index (κ1) is 31.0. The Labute approximate surface area is 272 Å². The summed E-state index contributed by atoms with van der Waals surface area (Å²) in [5, 5.41) is 5.25. The first-order valence-corrected chi connectivity index (χ1v) is 22.5. The predicted octanol–water partition coefficient (Wildman–Crippen LogP) is 8.08. The Bertz CT molecular complexity index is 2380. The molecule has 7 aromatic rings. The maximum atomic E-state index is 14.6. The second kappa shape index (κ2) is 10.7. The van der Waals surface area contributed by atoms with Gasteiger partial charge in [-0.1, -0.05) is 63.5 Å². The minimum absolute atomic E-state index is 0.243. The summed E-state index contributed by atoms with van der Waals surface area (Å²) >= 11 is 0. The molecule has 0 fully saturated rings. The fraction of sp³-hybridized carbons (Fsp3) is 0.222. The highest BCUT2D eigenvalue weighted by Gasteiger charge is 2.26. The van der Waals surface area contributed by atoms with Crippen LogP contribution in [0, 0.1) is 31.3 Å². The zero-order valence-corrected chi connectivity index (χ0v) is 29.5. The zero-order valence-electron chi connectivity index (χ0n) is 27.5. The number of aromatic nitrogens is 6. The fourth-order valence-corrected chi connectivity index (χ4v) is 7.99. The van der Waals surface area contributed by atoms with Gasteiger partial charge in [-0.15, -0.1) is 0 Å². The summed E-state index contributed by atoms with van der Waals surface area (Å²) in [6, 6.07) is 15.9. The van der Waals surface area contributed by atoms with Gasteiger partial charge in [0.05, 0.1) is 0 Å². The van der Waals surface area contributed by atoms with Gasteiger partial charge in [0.1, 0.15) is 38.7 Å². The van der Waals surface area contributed by atoms with Crippen molar-refractivity contribution in [3.63, 3.8) is 0 Å². The molecule has 7 rings (SSSR count). The van der Waals surface area contributed by atoms with E-state index >= 15 is 0 Å². The van der Waals surface area contributed by atoms with Crippen LogP contribution < -0.4 is 10.9 Å². The van der Waals surface area contributed by atoms with Crippen molar-refractivity contribution >= 4 is 59.4 Å². The molecule has 0 saturated carbocycles. The monoisotopic (exact) mass is 662 g/mol. The molecule has 0 saturated heterocycles. The number of nitrogens with zero attached hydrogens (tertiary/aromatic N) is 6. The van der Waals surface area contributed by atoms with Crippen LogP contribution in [-0.4, -0.2) is 46.1 Å². The topological polar surface area (TPSA) is 77.3 Å². The van der Waals surface area contributed by atoms with Gasteiger partial charge >= 0.3 is 0 Å². The molecular weight excluding hydrogens is 630 g/mol. The summed E-state index contributed by atoms with van der Waals surface area (Å²) in [5.74, 6) is -1.50. The smallest absolute Gasteiger partial charge is 0.194 e. The van der Waals surface area contributed by atoms with Gasteiger partial charge in [0, 0.05) is 11.1 Å². The largest absolute Gasteiger partial charge is 0.224 e. The maximum absolute atomic E-state index is 14.6. The van der Waals surface area contributed by atoms with Crippen molar-refractivity contribution in [2.24, 2.45) is 0 Å². The van der Waals surface area contributed by atoms with Crippen molar-refractivity contribution in [2.45, 2.75) is 53.1 Å². The maximum Gasteiger partial charge on any atom is 0.194 e. The van der Waals surface area contributed by atoms with Crippen LogP contribution in [0.15, 0.2) is 54.6 Å². The molecule has 2 aromatic heterocycles. The Balaban J connectivity index is 1.60. The van der Waals surface area contributed by atoms with E-state index in [4.69, 9.17) is 19.9 Å². The zero-order chi connectivity index (χ0) is 33.6. The van der Waals surface area contributed by atoms with Crippen molar-refractivity contribution in [2.75, 3.05) is 0 Å². The second-order valence-electron chi connectivity index (χ2n) is 14.1. The van der Waals surface area contributed by atoms with E-state index in [-0.39, 0.29) is 5.56 Å². The molecule has 0 aliphatic rings. The Kier molecular flexibility index (Phi) is 7.07. The first-order valence-electron chi connectivity index (χ1n) is 15.5. The average molecular weight is 663 g/mol. The van der Waals surface area contributed by atoms with E-state index in [9.17, 15) is 13.2 Å². The molecule has 0 aliphatic heterocycles. The molecule has 0 atom stereocenters. The Morgan fingerprint density at radius 1 is 0.489 bits per heavy atom. The lowest BCUT2D eigenvalue weighted by Gasteiger charge is -2.20. The van der Waals surface area contributed by atoms with E-state index in [1.54, 1.807) is 0 Å². The highest BCUT2D eigenvalue weighted by molar-refractivity contribution is 6.87. The van der Waals surface area contributed by atoms with Crippen LogP contribution in [0.3, 0.4) is 0 Å². The van der Waals surface area contributed by atoms with Crippen LogP contribution >= 0.6 is 0 Å². The molecule has 0 amide bonds. The van der Waals surface area contributed by atoms with Gasteiger partial charge in [0.15, 0.2) is 29.1 Å². The molecule has 11 heteroatoms. The van der Waals surface area contributed by atoms with E-state index in [0.29, 0.717) is 28.9 Å². The van der Waals surface area contributed by atoms with Crippen molar-refractivity contribution in [3.8, 4) is 33.9 Å². The van der Waals surface area contributed by atoms with Crippen LogP contribution in [0.2, 0.25) is 39.3 Å². The Morgan fingerprint density at radius 3 is 1.45 bits per heavy atom. The standard InChI is InChI=1S/C36H33F3N6Si2/c1-18-40-33(44-35(42-18)46(3,4)5)25-10-9-20-15-27(21-16-28(37)32(39)29(38)17-21)24-13-14-26(23-12-11-22(25)30(20)31(23)24)34-41-19(2)43-36(45-34)47(6,7)8/h9-17H,1-8H3. The number of hydrogen-bond acceptors (Lipinski definition) is 6. The Morgan fingerprint density at radius 2 is 0.936 bits per heavy atom. The molecule has 0 aliphatic carbocycles. The van der Waals surface area contributed by atoms with E-state index in [1.165, 1.54) is 0 Å². The van der Waals surface area contributed by atoms with Gasteiger partial charge in [-0.05, 0) is 87.6 Å². The molecule has 5 aromatic carbocycles. The normalized spacial score (nSPS) is 12.6. The molecule has 0 spiro atoms. The van der Waals surface area contributed by atoms with Crippen LogP contribution in [0.25, 0.3) is 66.2 Å². The van der Waals surface area contributed by atoms with Gasteiger partial charge in [-0.2, -0.15) is 0 Å². The van der Waals surface area contributed by atoms with Crippen molar-refractivity contribution in [1.29, 1.82) is 0 Å². The third-order valence-corrected chi connectivity index (χ3v) is 11.5. The van der Waals surface area contributed by atoms with Crippen LogP contribution in [0.4, 0.5) is 13.2 Å². The molecule has 0 bridgehead atoms. The SMILES string of the molecule is Cc1nc(-c2ccc3cc(-c4cc(F)c(F)c(F)c4)c4ccc(-c5nc(C)nc([Si](C)(C)C)n5)c5ccc2c3c45)nc([Si](C)(C)C)n1. The van der Waals surface area contributed by atoms with Gasteiger partial charge < -0.3 is 0 Å². The van der Waals surface area contributed by atoms with Gasteiger partial charge in [-0.25, -0.2) is 43.1 Å². The summed E-state index contributed by atoms with van der Waals surface area (Å²) in [5.41, 5.74) is 4.15. The number of halogens is 3. The lowest BCUT2D eigenvalue weighted by atomic mass is 9.86. The molecule has 6 nitrogen and oxygen atoms in total. The van der Waals surface area contributed by atoms with Crippen molar-refractivity contribution in [3.05, 3.63) is 83.7 Å². The first-order chi connectivity index (χ1) is 22.1. The summed E-state index contributed by atoms with van der Waals surface area (Å²) in [4.78, 5) is 28.8. The third kappa shape index (κ3) is 5.27. The van der Waals surface area contributed by atoms with E-state index < -0.39 is 33.6 Å². The summed E-state index contributed by atoms with van der Waals surface area (Å²) in [6.45, 7) is 17.0. The van der Waals surface area contributed by atoms with Gasteiger partial charge in [0.25, 0.3) is 0 Å². The highest BCUT2D eigenvalue weighted by Crippen LogP contribution is 2.45. The molecule has 0 radical (unpaired) electrons. The highest BCUT2D eigenvalue weighted by atomic mass is 28.3. The molecule has 47 heavy (non-hydrogen) atoms. The molecule has 0 unspecified atom stereocenters. The van der Waals surface area contributed by atoms with Crippen molar-refractivity contribution in [1.82, 2.24) is 29.9 Å². The Hall–Kier alpha value is -4.62. The van der Waals surface area contributed by atoms with E-state index in [1.807, 2.05) is 50.2 Å². The summed E-state index contributed by atoms with van der Waals surface area (Å²) < 4.78 is 43.2. The summed E-state index contributed by atoms with van der Waals surface area (Å²) in [7, 11) is -3.73. The lowest BCUT2D eigenvalue weighted by Crippen LogP contribution is -2.43. The lowest BCUT2D eigenvalue weighted by molar-refractivity contribution is 0.448. The molecule has 236 valence electrons. The van der Waals surface area contributed by atoms with Crippen LogP contribution in [0.1, 0.15) is 11.6 Å². The minimum Gasteiger partial charge on any atom is -0.224 e. The summed E-state index contributed by atoms with van der Waals surface area (Å²) in [6.07, 6.45) is 0. The van der Waals surface area contributed by atoms with Gasteiger partial charge in [0.2, 0.25) is 0 Å². The molecule has 2 heterocycles. The average Bonchev–Trinajstić information content (AvgIpc) is 3.00. The quantitative estimate of drug-likeness (QED) is 0.105. The number of hydrogen-bond donors (Lipinski definition) is 0. The molecular formula is C36H33F3N6Si2. The number of rotatable bonds is 5. The van der Waals surface area contributed by atoms with E-state index in [2.05, 4.69) is 55.3 Å². The third-order valence-electron chi connectivity index (χ3n) is 8.39. The van der Waals surface area contributed by atoms with Crippen LogP contribution in [-0.2, 0) is 0 Å². The van der Waals surface area contributed by atoms with Crippen molar-refractivity contribution < 1.29 is 13.2 Å². The second-order valence-corrected chi connectivity index (χ2v) is 24.0.